The Morgan fingerprint density at radius 3 is 2.50 bits per heavy atom. The molecule has 8 heteroatoms. The summed E-state index contributed by atoms with van der Waals surface area (Å²) in [5.41, 5.74) is 1.29. The van der Waals surface area contributed by atoms with Crippen molar-refractivity contribution in [3.63, 3.8) is 0 Å². The Morgan fingerprint density at radius 1 is 1.17 bits per heavy atom. The summed E-state index contributed by atoms with van der Waals surface area (Å²) in [6.45, 7) is 1.80. The average Bonchev–Trinajstić information content (AvgIpc) is 3.03. The Labute approximate surface area is 147 Å². The summed E-state index contributed by atoms with van der Waals surface area (Å²) in [5, 5.41) is 21.7. The fourth-order valence-corrected chi connectivity index (χ4v) is 3.08. The van der Waals surface area contributed by atoms with E-state index in [0.29, 0.717) is 21.4 Å². The van der Waals surface area contributed by atoms with Crippen LogP contribution < -0.4 is 0 Å². The maximum absolute atomic E-state index is 12.5. The predicted molar refractivity (Wildman–Crippen MR) is 91.9 cm³/mol. The third kappa shape index (κ3) is 3.58. The molecule has 0 unspecified atom stereocenters. The number of nitrogens with zero attached hydrogens (tertiary/aromatic N) is 4. The van der Waals surface area contributed by atoms with E-state index in [4.69, 9.17) is 11.6 Å². The minimum atomic E-state index is -0.368. The molecule has 2 aromatic carbocycles. The third-order valence-electron chi connectivity index (χ3n) is 3.32. The highest BCUT2D eigenvalue weighted by molar-refractivity contribution is 8.00. The average molecular weight is 361 g/mol. The second kappa shape index (κ2) is 7.02. The van der Waals surface area contributed by atoms with Crippen molar-refractivity contribution in [3.8, 4) is 11.4 Å². The van der Waals surface area contributed by atoms with Gasteiger partial charge in [-0.05, 0) is 65.9 Å². The number of carbonyl (C=O) groups excluding carboxylic acids is 1. The first-order valence-electron chi connectivity index (χ1n) is 7.09. The van der Waals surface area contributed by atoms with Crippen LogP contribution in [0.1, 0.15) is 17.3 Å². The molecule has 0 fully saturated rings. The zero-order valence-corrected chi connectivity index (χ0v) is 14.2. The van der Waals surface area contributed by atoms with Gasteiger partial charge in [0.25, 0.3) is 0 Å². The summed E-state index contributed by atoms with van der Waals surface area (Å²) >= 11 is 7.11. The van der Waals surface area contributed by atoms with Crippen LogP contribution >= 0.6 is 23.4 Å². The van der Waals surface area contributed by atoms with E-state index in [1.807, 2.05) is 0 Å². The van der Waals surface area contributed by atoms with Gasteiger partial charge in [-0.2, -0.15) is 4.68 Å². The lowest BCUT2D eigenvalue weighted by Crippen LogP contribution is -2.14. The number of phenols is 1. The maximum Gasteiger partial charge on any atom is 0.214 e. The Hall–Kier alpha value is -2.38. The van der Waals surface area contributed by atoms with E-state index in [2.05, 4.69) is 15.5 Å². The topological polar surface area (TPSA) is 80.9 Å². The van der Waals surface area contributed by atoms with Gasteiger partial charge in [0.2, 0.25) is 5.16 Å². The van der Waals surface area contributed by atoms with Crippen LogP contribution in [0.2, 0.25) is 5.02 Å². The first-order valence-corrected chi connectivity index (χ1v) is 8.34. The maximum atomic E-state index is 12.5. The minimum absolute atomic E-state index is 0.0306. The highest BCUT2D eigenvalue weighted by atomic mass is 35.5. The molecule has 3 rings (SSSR count). The highest BCUT2D eigenvalue weighted by Gasteiger charge is 2.20. The van der Waals surface area contributed by atoms with E-state index in [1.165, 1.54) is 16.4 Å². The zero-order valence-electron chi connectivity index (χ0n) is 12.6. The minimum Gasteiger partial charge on any atom is -0.508 e. The van der Waals surface area contributed by atoms with Crippen molar-refractivity contribution < 1.29 is 9.90 Å². The lowest BCUT2D eigenvalue weighted by molar-refractivity contribution is 0.0994. The number of hydrogen-bond acceptors (Lipinski definition) is 6. The van der Waals surface area contributed by atoms with Gasteiger partial charge in [-0.1, -0.05) is 23.4 Å². The number of Topliss-reactive ketones (excluding diaryl/α,β-unsaturated/α-hetero) is 1. The summed E-state index contributed by atoms with van der Waals surface area (Å²) in [5.74, 6) is 0.129. The van der Waals surface area contributed by atoms with Crippen LogP contribution in [-0.2, 0) is 0 Å². The second-order valence-electron chi connectivity index (χ2n) is 5.02. The van der Waals surface area contributed by atoms with Gasteiger partial charge in [-0.3, -0.25) is 4.79 Å². The van der Waals surface area contributed by atoms with E-state index >= 15 is 0 Å². The summed E-state index contributed by atoms with van der Waals surface area (Å²) in [6, 6.07) is 13.3. The summed E-state index contributed by atoms with van der Waals surface area (Å²) in [7, 11) is 0. The molecule has 1 heterocycles. The number of benzene rings is 2. The van der Waals surface area contributed by atoms with Crippen molar-refractivity contribution in [1.29, 1.82) is 0 Å². The number of carbonyl (C=O) groups is 1. The van der Waals surface area contributed by atoms with Crippen LogP contribution in [0.25, 0.3) is 5.69 Å². The summed E-state index contributed by atoms with van der Waals surface area (Å²) in [6.07, 6.45) is 0. The van der Waals surface area contributed by atoms with E-state index in [0.717, 1.165) is 0 Å². The lowest BCUT2D eigenvalue weighted by Gasteiger charge is -2.10. The SMILES string of the molecule is C[C@H](Sc1nnnn1-c1ccc(O)cc1)C(=O)c1ccc(Cl)cc1. The summed E-state index contributed by atoms with van der Waals surface area (Å²) in [4.78, 5) is 12.5. The van der Waals surface area contributed by atoms with Crippen LogP contribution in [0, 0.1) is 0 Å². The van der Waals surface area contributed by atoms with Gasteiger partial charge in [0.1, 0.15) is 5.75 Å². The van der Waals surface area contributed by atoms with E-state index in [1.54, 1.807) is 55.5 Å². The Balaban J connectivity index is 1.79. The van der Waals surface area contributed by atoms with Crippen molar-refractivity contribution in [2.45, 2.75) is 17.3 Å². The smallest absolute Gasteiger partial charge is 0.214 e. The van der Waals surface area contributed by atoms with Crippen molar-refractivity contribution in [2.75, 3.05) is 0 Å². The Morgan fingerprint density at radius 2 is 1.83 bits per heavy atom. The number of halogens is 1. The third-order valence-corrected chi connectivity index (χ3v) is 4.60. The molecule has 6 nitrogen and oxygen atoms in total. The number of rotatable bonds is 5. The van der Waals surface area contributed by atoms with Gasteiger partial charge in [-0.15, -0.1) is 5.10 Å². The molecule has 122 valence electrons. The van der Waals surface area contributed by atoms with Crippen molar-refractivity contribution in [2.24, 2.45) is 0 Å². The number of ketones is 1. The number of aromatic nitrogens is 4. The van der Waals surface area contributed by atoms with Crippen molar-refractivity contribution in [1.82, 2.24) is 20.2 Å². The first-order chi connectivity index (χ1) is 11.5. The fraction of sp³-hybridized carbons (Fsp3) is 0.125. The molecular formula is C16H13ClN4O2S. The molecule has 0 aliphatic carbocycles. The number of tetrazole rings is 1. The highest BCUT2D eigenvalue weighted by Crippen LogP contribution is 2.26. The molecule has 0 saturated heterocycles. The van der Waals surface area contributed by atoms with Crippen LogP contribution in [0.4, 0.5) is 0 Å². The quantitative estimate of drug-likeness (QED) is 0.555. The number of hydrogen-bond donors (Lipinski definition) is 1. The molecule has 0 saturated carbocycles. The Kier molecular flexibility index (Phi) is 4.82. The molecule has 0 amide bonds. The molecular weight excluding hydrogens is 348 g/mol. The summed E-state index contributed by atoms with van der Waals surface area (Å²) < 4.78 is 1.52. The monoisotopic (exact) mass is 360 g/mol. The van der Waals surface area contributed by atoms with Crippen LogP contribution in [-0.4, -0.2) is 36.3 Å². The molecule has 1 aromatic heterocycles. The molecule has 0 aliphatic heterocycles. The number of thioether (sulfide) groups is 1. The van der Waals surface area contributed by atoms with Crippen LogP contribution in [0.3, 0.4) is 0 Å². The molecule has 0 aliphatic rings. The van der Waals surface area contributed by atoms with E-state index < -0.39 is 0 Å². The van der Waals surface area contributed by atoms with Gasteiger partial charge < -0.3 is 5.11 Å². The Bertz CT molecular complexity index is 849. The van der Waals surface area contributed by atoms with Crippen molar-refractivity contribution in [3.05, 3.63) is 59.1 Å². The molecule has 0 bridgehead atoms. The van der Waals surface area contributed by atoms with E-state index in [-0.39, 0.29) is 16.8 Å². The van der Waals surface area contributed by atoms with Gasteiger partial charge in [-0.25, -0.2) is 0 Å². The van der Waals surface area contributed by atoms with Gasteiger partial charge in [0, 0.05) is 10.6 Å². The van der Waals surface area contributed by atoms with Crippen molar-refractivity contribution >= 4 is 29.1 Å². The zero-order chi connectivity index (χ0) is 17.1. The fourth-order valence-electron chi connectivity index (χ4n) is 2.07. The number of phenolic OH excluding ortho intramolecular Hbond substituents is 1. The predicted octanol–water partition coefficient (Wildman–Crippen LogP) is 3.38. The molecule has 24 heavy (non-hydrogen) atoms. The molecule has 1 N–H and O–H groups in total. The van der Waals surface area contributed by atoms with Gasteiger partial charge in [0.05, 0.1) is 10.9 Å². The number of aromatic hydroxyl groups is 1. The normalized spacial score (nSPS) is 12.1. The molecule has 0 spiro atoms. The lowest BCUT2D eigenvalue weighted by atomic mass is 10.1. The van der Waals surface area contributed by atoms with Gasteiger partial charge >= 0.3 is 0 Å². The second-order valence-corrected chi connectivity index (χ2v) is 6.77. The molecule has 1 atom stereocenters. The molecule has 3 aromatic rings. The van der Waals surface area contributed by atoms with Crippen LogP contribution in [0.15, 0.2) is 53.7 Å². The molecule has 0 radical (unpaired) electrons. The van der Waals surface area contributed by atoms with E-state index in [9.17, 15) is 9.90 Å². The van der Waals surface area contributed by atoms with Gasteiger partial charge in [0.15, 0.2) is 5.78 Å². The largest absolute Gasteiger partial charge is 0.508 e. The standard InChI is InChI=1S/C16H13ClN4O2S/c1-10(15(23)11-2-4-12(17)5-3-11)24-16-18-19-20-21(16)13-6-8-14(22)9-7-13/h2-10,22H,1H3/t10-/m0/s1. The first kappa shape index (κ1) is 16.5. The van der Waals surface area contributed by atoms with Crippen LogP contribution in [0.5, 0.6) is 5.75 Å².